The van der Waals surface area contributed by atoms with E-state index in [-0.39, 0.29) is 46.7 Å². The first-order chi connectivity index (χ1) is 27.9. The van der Waals surface area contributed by atoms with Gasteiger partial charge in [-0.2, -0.15) is 0 Å². The normalized spacial score (nSPS) is 22.9. The highest BCUT2D eigenvalue weighted by molar-refractivity contribution is 6.74. The van der Waals surface area contributed by atoms with Gasteiger partial charge in [0, 0.05) is 13.0 Å². The van der Waals surface area contributed by atoms with Gasteiger partial charge < -0.3 is 28.2 Å². The summed E-state index contributed by atoms with van der Waals surface area (Å²) in [5.74, 6) is 0. The maximum atomic E-state index is 11.3. The lowest BCUT2D eigenvalue weighted by molar-refractivity contribution is -0.121. The molecule has 344 valence electrons. The molecule has 8 heteroatoms. The van der Waals surface area contributed by atoms with Gasteiger partial charge >= 0.3 is 0 Å². The van der Waals surface area contributed by atoms with Gasteiger partial charge in [0.05, 0.1) is 43.2 Å². The fraction of sp³-hybridized carbons (Fsp3) is 0.882. The molecule has 0 spiro atoms. The minimum absolute atomic E-state index is 0.00720. The van der Waals surface area contributed by atoms with Gasteiger partial charge in [0.2, 0.25) is 0 Å². The number of aliphatic hydroxyl groups is 1. The van der Waals surface area contributed by atoms with Crippen LogP contribution in [-0.2, 0) is 29.7 Å². The van der Waals surface area contributed by atoms with E-state index < -0.39 is 22.7 Å². The molecule has 2 aliphatic heterocycles. The summed E-state index contributed by atoms with van der Waals surface area (Å²) < 4.78 is 34.4. The van der Waals surface area contributed by atoms with E-state index in [2.05, 4.69) is 98.9 Å². The Morgan fingerprint density at radius 1 is 0.644 bits per heavy atom. The molecule has 0 unspecified atom stereocenters. The first kappa shape index (κ1) is 52.8. The van der Waals surface area contributed by atoms with Crippen molar-refractivity contribution in [1.29, 1.82) is 0 Å². The molecule has 0 amide bonds. The molecular weight excluding hydrogens is 765 g/mol. The van der Waals surface area contributed by atoms with Crippen molar-refractivity contribution in [3.05, 3.63) is 35.9 Å². The average Bonchev–Trinajstić information content (AvgIpc) is 3.82. The number of rotatable bonds is 31. The molecule has 2 aliphatic rings. The summed E-state index contributed by atoms with van der Waals surface area (Å²) in [5, 5.41) is 11.5. The molecular formula is C51H96O6Si2. The quantitative estimate of drug-likeness (QED) is 0.0593. The molecule has 3 rings (SSSR count). The summed E-state index contributed by atoms with van der Waals surface area (Å²) in [7, 11) is -4.13. The second-order valence-electron chi connectivity index (χ2n) is 21.7. The highest BCUT2D eigenvalue weighted by Crippen LogP contribution is 2.44. The Bertz CT molecular complexity index is 1210. The van der Waals surface area contributed by atoms with Gasteiger partial charge in [-0.25, -0.2) is 0 Å². The molecule has 0 saturated carbocycles. The third-order valence-electron chi connectivity index (χ3n) is 14.5. The van der Waals surface area contributed by atoms with Gasteiger partial charge in [0.25, 0.3) is 0 Å². The van der Waals surface area contributed by atoms with Crippen molar-refractivity contribution in [3.63, 3.8) is 0 Å². The number of aliphatic hydroxyl groups excluding tert-OH is 1. The molecule has 1 aromatic rings. The average molecular weight is 861 g/mol. The summed E-state index contributed by atoms with van der Waals surface area (Å²) in [5.41, 5.74) is 1.21. The summed E-state index contributed by atoms with van der Waals surface area (Å²) in [6.07, 6.45) is 27.3. The van der Waals surface area contributed by atoms with Crippen LogP contribution in [0.2, 0.25) is 36.3 Å². The molecule has 2 fully saturated rings. The Morgan fingerprint density at radius 3 is 1.73 bits per heavy atom. The largest absolute Gasteiger partial charge is 0.411 e. The van der Waals surface area contributed by atoms with Gasteiger partial charge in [-0.1, -0.05) is 188 Å². The summed E-state index contributed by atoms with van der Waals surface area (Å²) in [4.78, 5) is 0. The van der Waals surface area contributed by atoms with Crippen LogP contribution in [0.5, 0.6) is 0 Å². The van der Waals surface area contributed by atoms with Gasteiger partial charge in [0.1, 0.15) is 6.10 Å². The minimum Gasteiger partial charge on any atom is -0.411 e. The van der Waals surface area contributed by atoms with Crippen molar-refractivity contribution in [3.8, 4) is 0 Å². The van der Waals surface area contributed by atoms with E-state index in [4.69, 9.17) is 23.1 Å². The van der Waals surface area contributed by atoms with Crippen LogP contribution in [0, 0.1) is 0 Å². The van der Waals surface area contributed by atoms with Gasteiger partial charge in [-0.05, 0) is 73.9 Å². The van der Waals surface area contributed by atoms with Crippen LogP contribution in [0.1, 0.15) is 202 Å². The monoisotopic (exact) mass is 861 g/mol. The zero-order valence-electron chi connectivity index (χ0n) is 40.6. The van der Waals surface area contributed by atoms with Gasteiger partial charge in [0.15, 0.2) is 16.6 Å². The van der Waals surface area contributed by atoms with E-state index >= 15 is 0 Å². The maximum Gasteiger partial charge on any atom is 0.192 e. The maximum absolute atomic E-state index is 11.3. The number of ether oxygens (including phenoxy) is 3. The predicted molar refractivity (Wildman–Crippen MR) is 255 cm³/mol. The van der Waals surface area contributed by atoms with Crippen LogP contribution in [0.25, 0.3) is 0 Å². The number of hydrogen-bond acceptors (Lipinski definition) is 6. The summed E-state index contributed by atoms with van der Waals surface area (Å²) in [6, 6.07) is 10.4. The van der Waals surface area contributed by atoms with E-state index in [9.17, 15) is 5.11 Å². The fourth-order valence-electron chi connectivity index (χ4n) is 8.44. The van der Waals surface area contributed by atoms with Crippen LogP contribution in [0.15, 0.2) is 30.3 Å². The molecule has 2 saturated heterocycles. The molecule has 0 aliphatic carbocycles. The van der Waals surface area contributed by atoms with Crippen LogP contribution in [0.4, 0.5) is 0 Å². The third-order valence-corrected chi connectivity index (χ3v) is 23.5. The Labute approximate surface area is 367 Å². The Hall–Kier alpha value is -0.586. The van der Waals surface area contributed by atoms with Crippen molar-refractivity contribution in [2.45, 2.75) is 282 Å². The van der Waals surface area contributed by atoms with Crippen molar-refractivity contribution in [2.75, 3.05) is 6.61 Å². The molecule has 2 heterocycles. The first-order valence-electron chi connectivity index (χ1n) is 24.9. The highest BCUT2D eigenvalue weighted by Gasteiger charge is 2.51. The van der Waals surface area contributed by atoms with E-state index in [1.54, 1.807) is 0 Å². The lowest BCUT2D eigenvalue weighted by Crippen LogP contribution is -2.48. The molecule has 1 N–H and O–H groups in total. The second kappa shape index (κ2) is 26.9. The topological polar surface area (TPSA) is 66.4 Å². The molecule has 0 aromatic heterocycles. The van der Waals surface area contributed by atoms with Crippen LogP contribution in [-0.4, -0.2) is 71.1 Å². The van der Waals surface area contributed by atoms with E-state index in [0.29, 0.717) is 6.61 Å². The standard InChI is InChI=1S/C51H96O6Si2/c1-12-13-14-15-16-17-18-19-20-21-22-23-24-25-31-36-45(56-58(8,9)50(2,3)4)47-40-48(57-59(10,11)51(5,6)7)49(55-47)46-38-37-44(54-46)43(52)35-30-27-32-39-53-41-42-33-28-26-29-34-42/h26,28-29,33-34,43-49,52H,12-25,27,30-32,35-41H2,1-11H3/t43-,44-,45+,46+,47+,48-,49-/m1/s1. The fourth-order valence-corrected chi connectivity index (χ4v) is 11.2. The first-order valence-corrected chi connectivity index (χ1v) is 30.7. The van der Waals surface area contributed by atoms with E-state index in [0.717, 1.165) is 58.0 Å². The van der Waals surface area contributed by atoms with Crippen molar-refractivity contribution >= 4 is 16.6 Å². The van der Waals surface area contributed by atoms with E-state index in [1.807, 2.05) is 6.07 Å². The molecule has 7 atom stereocenters. The third kappa shape index (κ3) is 19.4. The molecule has 6 nitrogen and oxygen atoms in total. The molecule has 0 bridgehead atoms. The van der Waals surface area contributed by atoms with Gasteiger partial charge in [-0.15, -0.1) is 0 Å². The second-order valence-corrected chi connectivity index (χ2v) is 31.2. The molecule has 0 radical (unpaired) electrons. The highest BCUT2D eigenvalue weighted by atomic mass is 28.4. The number of unbranched alkanes of at least 4 members (excludes halogenated alkanes) is 16. The zero-order valence-corrected chi connectivity index (χ0v) is 42.6. The Kier molecular flexibility index (Phi) is 24.1. The van der Waals surface area contributed by atoms with Crippen molar-refractivity contribution in [2.24, 2.45) is 0 Å². The van der Waals surface area contributed by atoms with Gasteiger partial charge in [-0.3, -0.25) is 0 Å². The summed E-state index contributed by atoms with van der Waals surface area (Å²) in [6.45, 7) is 27.3. The lowest BCUT2D eigenvalue weighted by Gasteiger charge is -2.41. The van der Waals surface area contributed by atoms with Crippen LogP contribution < -0.4 is 0 Å². The predicted octanol–water partition coefficient (Wildman–Crippen LogP) is 14.9. The van der Waals surface area contributed by atoms with Crippen LogP contribution >= 0.6 is 0 Å². The lowest BCUT2D eigenvalue weighted by atomic mass is 9.99. The number of hydrogen-bond donors (Lipinski definition) is 1. The van der Waals surface area contributed by atoms with E-state index in [1.165, 1.54) is 102 Å². The van der Waals surface area contributed by atoms with Crippen LogP contribution in [0.3, 0.4) is 0 Å². The Balaban J connectivity index is 1.53. The minimum atomic E-state index is -2.08. The smallest absolute Gasteiger partial charge is 0.192 e. The van der Waals surface area contributed by atoms with Crippen molar-refractivity contribution in [1.82, 2.24) is 0 Å². The SMILES string of the molecule is CCCCCCCCCCCCCCCCC[C@H](O[Si](C)(C)C(C)(C)C)[C@@H]1C[C@@H](O[Si](C)(C)C(C)(C)C)[C@@H]([C@@H]2CC[C@H]([C@H](O)CCCCCOCc3ccccc3)O2)O1. The molecule has 59 heavy (non-hydrogen) atoms. The summed E-state index contributed by atoms with van der Waals surface area (Å²) >= 11 is 0. The van der Waals surface area contributed by atoms with Crippen molar-refractivity contribution < 1.29 is 28.2 Å². The number of benzene rings is 1. The molecule has 1 aromatic carbocycles. The Morgan fingerprint density at radius 2 is 1.17 bits per heavy atom. The zero-order chi connectivity index (χ0) is 43.4.